The highest BCUT2D eigenvalue weighted by Crippen LogP contribution is 2.48. The van der Waals surface area contributed by atoms with Crippen LogP contribution in [0.3, 0.4) is 0 Å². The summed E-state index contributed by atoms with van der Waals surface area (Å²) in [7, 11) is 0. The summed E-state index contributed by atoms with van der Waals surface area (Å²) in [5.41, 5.74) is 13.7. The second kappa shape index (κ2) is 14.1. The van der Waals surface area contributed by atoms with Crippen molar-refractivity contribution in [2.45, 2.75) is 32.1 Å². The molecule has 3 heterocycles. The molecule has 1 aliphatic carbocycles. The summed E-state index contributed by atoms with van der Waals surface area (Å²) in [6.45, 7) is 2.31. The minimum absolute atomic E-state index is 0.121. The van der Waals surface area contributed by atoms with Crippen molar-refractivity contribution in [2.24, 2.45) is 15.9 Å². The van der Waals surface area contributed by atoms with Gasteiger partial charge in [0.25, 0.3) is 0 Å². The highest BCUT2D eigenvalue weighted by atomic mass is 32.1. The zero-order valence-corrected chi connectivity index (χ0v) is 34.0. The second-order valence-corrected chi connectivity index (χ2v) is 17.5. The van der Waals surface area contributed by atoms with E-state index in [0.29, 0.717) is 0 Å². The summed E-state index contributed by atoms with van der Waals surface area (Å²) in [5, 5.41) is 7.39. The number of nitrogens with zero attached hydrogens (tertiary/aromatic N) is 2. The molecule has 2 atom stereocenters. The first-order valence-corrected chi connectivity index (χ1v) is 21.9. The van der Waals surface area contributed by atoms with Crippen LogP contribution in [0, 0.1) is 5.92 Å². The van der Waals surface area contributed by atoms with Gasteiger partial charge in [-0.05, 0) is 93.7 Å². The van der Waals surface area contributed by atoms with E-state index in [-0.39, 0.29) is 11.8 Å². The molecule has 2 aliphatic rings. The predicted molar refractivity (Wildman–Crippen MR) is 254 cm³/mol. The van der Waals surface area contributed by atoms with E-state index in [0.717, 1.165) is 75.1 Å². The van der Waals surface area contributed by atoms with Gasteiger partial charge in [-0.1, -0.05) is 153 Å². The summed E-state index contributed by atoms with van der Waals surface area (Å²) >= 11 is 1.85. The second-order valence-electron chi connectivity index (χ2n) is 16.4. The van der Waals surface area contributed by atoms with E-state index in [1.807, 2.05) is 11.3 Å². The molecule has 4 heteroatoms. The van der Waals surface area contributed by atoms with Gasteiger partial charge < -0.3 is 4.42 Å². The van der Waals surface area contributed by atoms with Gasteiger partial charge in [0.15, 0.2) is 5.84 Å². The van der Waals surface area contributed by atoms with Crippen molar-refractivity contribution in [3.05, 3.63) is 209 Å². The first-order valence-electron chi connectivity index (χ1n) is 21.0. The molecule has 60 heavy (non-hydrogen) atoms. The highest BCUT2D eigenvalue weighted by molar-refractivity contribution is 7.25. The third-order valence-corrected chi connectivity index (χ3v) is 13.9. The van der Waals surface area contributed by atoms with Crippen LogP contribution in [-0.2, 0) is 6.42 Å². The summed E-state index contributed by atoms with van der Waals surface area (Å²) < 4.78 is 9.22. The topological polar surface area (TPSA) is 37.9 Å². The Morgan fingerprint density at radius 3 is 2.22 bits per heavy atom. The van der Waals surface area contributed by atoms with Crippen molar-refractivity contribution in [2.75, 3.05) is 0 Å². The lowest BCUT2D eigenvalue weighted by Gasteiger charge is -2.24. The maximum absolute atomic E-state index is 6.63. The van der Waals surface area contributed by atoms with E-state index >= 15 is 0 Å². The maximum atomic E-state index is 6.63. The van der Waals surface area contributed by atoms with E-state index in [2.05, 4.69) is 183 Å². The molecular formula is C56H40N2OS. The molecule has 0 amide bonds. The number of hydrogen-bond donors (Lipinski definition) is 0. The van der Waals surface area contributed by atoms with Crippen molar-refractivity contribution < 1.29 is 4.42 Å². The lowest BCUT2D eigenvalue weighted by Crippen LogP contribution is -2.17. The van der Waals surface area contributed by atoms with Crippen LogP contribution in [0.5, 0.6) is 0 Å². The lowest BCUT2D eigenvalue weighted by molar-refractivity contribution is 0.667. The van der Waals surface area contributed by atoms with E-state index in [1.54, 1.807) is 0 Å². The predicted octanol–water partition coefficient (Wildman–Crippen LogP) is 15.2. The normalized spacial score (nSPS) is 17.7. The minimum Gasteiger partial charge on any atom is -0.456 e. The third kappa shape index (κ3) is 5.77. The van der Waals surface area contributed by atoms with Gasteiger partial charge in [0.1, 0.15) is 11.2 Å². The number of amidine groups is 1. The van der Waals surface area contributed by atoms with Gasteiger partial charge in [0.2, 0.25) is 0 Å². The molecule has 0 N–H and O–H groups in total. The number of rotatable bonds is 4. The summed E-state index contributed by atoms with van der Waals surface area (Å²) in [6.07, 6.45) is 5.10. The average Bonchev–Trinajstić information content (AvgIpc) is 3.81. The van der Waals surface area contributed by atoms with Gasteiger partial charge >= 0.3 is 0 Å². The Kier molecular flexibility index (Phi) is 8.28. The molecule has 3 nitrogen and oxygen atoms in total. The fraction of sp³-hybridized carbons (Fsp3) is 0.107. The van der Waals surface area contributed by atoms with Crippen LogP contribution >= 0.6 is 11.3 Å². The zero-order valence-electron chi connectivity index (χ0n) is 33.2. The molecule has 2 unspecified atom stereocenters. The number of benzene rings is 8. The Balaban J connectivity index is 1.08. The van der Waals surface area contributed by atoms with Crippen LogP contribution < -0.4 is 0 Å². The molecule has 8 aromatic carbocycles. The number of aliphatic imine (C=N–C) groups is 2. The SMILES string of the molecule is CC1C/C=C(\c2c(C3CCc4cc5ccccc5cc4-c4ccccc43)ccc3oc4ccccc4c23)N=C(c2ccccc2)N=C1c1ccc2c(c1)sc1ccccc12. The Labute approximate surface area is 352 Å². The number of para-hydroxylation sites is 1. The quantitative estimate of drug-likeness (QED) is 0.175. The van der Waals surface area contributed by atoms with Gasteiger partial charge in [-0.2, -0.15) is 0 Å². The third-order valence-electron chi connectivity index (χ3n) is 12.8. The Morgan fingerprint density at radius 1 is 0.567 bits per heavy atom. The van der Waals surface area contributed by atoms with Crippen molar-refractivity contribution in [3.8, 4) is 11.1 Å². The number of allylic oxidation sites excluding steroid dienone is 1. The zero-order chi connectivity index (χ0) is 39.7. The fourth-order valence-corrected chi connectivity index (χ4v) is 11.0. The lowest BCUT2D eigenvalue weighted by atomic mass is 9.81. The van der Waals surface area contributed by atoms with Crippen LogP contribution in [0.15, 0.2) is 190 Å². The number of fused-ring (bicyclic) bond motifs is 10. The van der Waals surface area contributed by atoms with Crippen LogP contribution in [0.1, 0.15) is 59.1 Å². The molecule has 12 rings (SSSR count). The molecule has 0 fully saturated rings. The summed E-state index contributed by atoms with van der Waals surface area (Å²) in [5.74, 6) is 0.971. The molecule has 0 bridgehead atoms. The molecule has 2 aromatic heterocycles. The van der Waals surface area contributed by atoms with E-state index in [4.69, 9.17) is 14.4 Å². The Morgan fingerprint density at radius 2 is 1.32 bits per heavy atom. The van der Waals surface area contributed by atoms with E-state index in [9.17, 15) is 0 Å². The highest BCUT2D eigenvalue weighted by Gasteiger charge is 2.30. The molecule has 0 saturated heterocycles. The van der Waals surface area contributed by atoms with Crippen molar-refractivity contribution in [3.63, 3.8) is 0 Å². The standard InChI is InChI=1S/C56H40N2OS/c1-34-23-29-48(57-56(35-13-3-2-4-14-35)58-55(34)39-25-27-44-43-19-10-12-22-51(43)60-52(44)33-39)53-45(28-30-50-54(53)46-20-9-11-21-49(46)59-50)42-26-24-38-31-36-15-5-6-16-37(36)32-47(38)41-18-8-7-17-40(41)42/h2-22,25,27-34,42H,23-24,26H2,1H3/b48-29+,57-56?,58-55?. The van der Waals surface area contributed by atoms with Crippen LogP contribution in [0.25, 0.3) is 69.7 Å². The van der Waals surface area contributed by atoms with Crippen molar-refractivity contribution >= 4 is 81.5 Å². The van der Waals surface area contributed by atoms with E-state index in [1.165, 1.54) is 58.8 Å². The van der Waals surface area contributed by atoms with Gasteiger partial charge in [0, 0.05) is 53.9 Å². The van der Waals surface area contributed by atoms with Gasteiger partial charge in [0.05, 0.1) is 11.4 Å². The molecule has 0 spiro atoms. The van der Waals surface area contributed by atoms with Crippen LogP contribution in [-0.4, -0.2) is 11.5 Å². The first-order chi connectivity index (χ1) is 29.6. The largest absolute Gasteiger partial charge is 0.456 e. The van der Waals surface area contributed by atoms with Crippen molar-refractivity contribution in [1.29, 1.82) is 0 Å². The van der Waals surface area contributed by atoms with Gasteiger partial charge in [-0.15, -0.1) is 11.3 Å². The Bertz CT molecular complexity index is 3440. The smallest absolute Gasteiger partial charge is 0.160 e. The molecular weight excluding hydrogens is 749 g/mol. The number of furan rings is 1. The summed E-state index contributed by atoms with van der Waals surface area (Å²) in [6, 6.07) is 61.7. The van der Waals surface area contributed by atoms with E-state index < -0.39 is 0 Å². The summed E-state index contributed by atoms with van der Waals surface area (Å²) in [4.78, 5) is 11.3. The fourth-order valence-electron chi connectivity index (χ4n) is 9.89. The molecule has 10 aromatic rings. The minimum atomic E-state index is 0.121. The number of thiophene rings is 1. The average molecular weight is 789 g/mol. The first kappa shape index (κ1) is 35.1. The molecule has 286 valence electrons. The number of hydrogen-bond acceptors (Lipinski definition) is 4. The monoisotopic (exact) mass is 788 g/mol. The van der Waals surface area contributed by atoms with Gasteiger partial charge in [-0.25, -0.2) is 9.98 Å². The van der Waals surface area contributed by atoms with Gasteiger partial charge in [-0.3, -0.25) is 0 Å². The Hall–Kier alpha value is -6.88. The molecule has 0 saturated carbocycles. The van der Waals surface area contributed by atoms with Crippen LogP contribution in [0.4, 0.5) is 0 Å². The molecule has 0 radical (unpaired) electrons. The van der Waals surface area contributed by atoms with Crippen LogP contribution in [0.2, 0.25) is 0 Å². The molecule has 1 aliphatic heterocycles. The number of aryl methyl sites for hydroxylation is 1. The van der Waals surface area contributed by atoms with Crippen molar-refractivity contribution in [1.82, 2.24) is 0 Å². The maximum Gasteiger partial charge on any atom is 0.160 e.